The van der Waals surface area contributed by atoms with Crippen LogP contribution < -0.4 is 5.32 Å². The van der Waals surface area contributed by atoms with Gasteiger partial charge in [0.1, 0.15) is 0 Å². The molecular formula is C23H18BrNO2. The molecule has 3 aromatic rings. The number of fused-ring (bicyclic) bond motifs is 5. The lowest BCUT2D eigenvalue weighted by Gasteiger charge is -2.38. The predicted octanol–water partition coefficient (Wildman–Crippen LogP) is 5.62. The third kappa shape index (κ3) is 2.59. The lowest BCUT2D eigenvalue weighted by molar-refractivity contribution is 0.0697. The third-order valence-corrected chi connectivity index (χ3v) is 6.37. The summed E-state index contributed by atoms with van der Waals surface area (Å²) >= 11 is 3.58. The van der Waals surface area contributed by atoms with Crippen LogP contribution in [0.15, 0.2) is 71.2 Å². The summed E-state index contributed by atoms with van der Waals surface area (Å²) in [6, 6.07) is 22.6. The van der Waals surface area contributed by atoms with Gasteiger partial charge in [-0.25, -0.2) is 4.79 Å². The number of hydrogen-bond acceptors (Lipinski definition) is 2. The Labute approximate surface area is 166 Å². The SMILES string of the molecule is O=C(O)c1cccc2c1N[C@H](c1cccc(Br)c1)[C@H]1Cc3ccccc3[C@@H]21. The van der Waals surface area contributed by atoms with E-state index in [9.17, 15) is 9.90 Å². The summed E-state index contributed by atoms with van der Waals surface area (Å²) in [5.74, 6) is -0.328. The van der Waals surface area contributed by atoms with Gasteiger partial charge in [-0.3, -0.25) is 0 Å². The smallest absolute Gasteiger partial charge is 0.337 e. The van der Waals surface area contributed by atoms with E-state index in [2.05, 4.69) is 63.7 Å². The number of benzene rings is 3. The molecule has 3 aromatic carbocycles. The second kappa shape index (κ2) is 6.24. The van der Waals surface area contributed by atoms with Crippen molar-refractivity contribution in [1.82, 2.24) is 0 Å². The summed E-state index contributed by atoms with van der Waals surface area (Å²) < 4.78 is 1.03. The zero-order valence-corrected chi connectivity index (χ0v) is 16.1. The van der Waals surface area contributed by atoms with Crippen molar-refractivity contribution in [3.05, 3.63) is 99.0 Å². The number of carboxylic acid groups (broad SMARTS) is 1. The minimum Gasteiger partial charge on any atom is -0.478 e. The highest BCUT2D eigenvalue weighted by Gasteiger charge is 2.44. The second-order valence-electron chi connectivity index (χ2n) is 7.30. The van der Waals surface area contributed by atoms with Crippen molar-refractivity contribution in [2.24, 2.45) is 5.92 Å². The van der Waals surface area contributed by atoms with E-state index >= 15 is 0 Å². The van der Waals surface area contributed by atoms with E-state index in [0.29, 0.717) is 11.5 Å². The molecule has 3 nitrogen and oxygen atoms in total. The maximum absolute atomic E-state index is 11.9. The molecule has 0 spiro atoms. The Bertz CT molecular complexity index is 1060. The van der Waals surface area contributed by atoms with Gasteiger partial charge in [0, 0.05) is 10.4 Å². The van der Waals surface area contributed by atoms with Crippen LogP contribution in [0.3, 0.4) is 0 Å². The molecule has 0 unspecified atom stereocenters. The van der Waals surface area contributed by atoms with Crippen LogP contribution in [-0.2, 0) is 6.42 Å². The highest BCUT2D eigenvalue weighted by Crippen LogP contribution is 2.54. The zero-order chi connectivity index (χ0) is 18.5. The summed E-state index contributed by atoms with van der Waals surface area (Å²) in [4.78, 5) is 11.9. The van der Waals surface area contributed by atoms with Crippen LogP contribution in [0, 0.1) is 5.92 Å². The van der Waals surface area contributed by atoms with E-state index in [0.717, 1.165) is 22.1 Å². The molecule has 2 aliphatic rings. The molecular weight excluding hydrogens is 402 g/mol. The minimum absolute atomic E-state index is 0.0629. The van der Waals surface area contributed by atoms with E-state index in [-0.39, 0.29) is 12.0 Å². The highest BCUT2D eigenvalue weighted by atomic mass is 79.9. The molecule has 27 heavy (non-hydrogen) atoms. The quantitative estimate of drug-likeness (QED) is 0.566. The molecule has 4 heteroatoms. The van der Waals surface area contributed by atoms with Crippen molar-refractivity contribution in [2.45, 2.75) is 18.4 Å². The molecule has 5 rings (SSSR count). The standard InChI is InChI=1S/C23H18BrNO2/c24-15-7-3-6-14(11-15)21-19-12-13-5-1-2-8-16(13)20(19)17-9-4-10-18(23(26)27)22(17)25-21/h1-11,19-21,25H,12H2,(H,26,27)/t19-,20-,21+/m0/s1. The highest BCUT2D eigenvalue weighted by molar-refractivity contribution is 9.10. The van der Waals surface area contributed by atoms with Gasteiger partial charge in [-0.15, -0.1) is 0 Å². The van der Waals surface area contributed by atoms with Crippen molar-refractivity contribution in [3.8, 4) is 0 Å². The number of carboxylic acids is 1. The van der Waals surface area contributed by atoms with Crippen molar-refractivity contribution >= 4 is 27.6 Å². The molecule has 0 bridgehead atoms. The summed E-state index contributed by atoms with van der Waals surface area (Å²) in [5.41, 5.74) is 6.06. The number of carbonyl (C=O) groups is 1. The maximum atomic E-state index is 11.9. The first-order valence-electron chi connectivity index (χ1n) is 9.09. The molecule has 0 radical (unpaired) electrons. The maximum Gasteiger partial charge on any atom is 0.337 e. The van der Waals surface area contributed by atoms with Crippen molar-refractivity contribution < 1.29 is 9.90 Å². The molecule has 3 atom stereocenters. The summed E-state index contributed by atoms with van der Waals surface area (Å²) in [6.07, 6.45) is 0.988. The zero-order valence-electron chi connectivity index (χ0n) is 14.5. The monoisotopic (exact) mass is 419 g/mol. The number of rotatable bonds is 2. The van der Waals surface area contributed by atoms with Gasteiger partial charge in [-0.05, 0) is 52.8 Å². The average Bonchev–Trinajstić information content (AvgIpc) is 3.06. The molecule has 0 amide bonds. The predicted molar refractivity (Wildman–Crippen MR) is 109 cm³/mol. The summed E-state index contributed by atoms with van der Waals surface area (Å²) in [7, 11) is 0. The Kier molecular flexibility index (Phi) is 3.83. The van der Waals surface area contributed by atoms with Crippen LogP contribution in [0.1, 0.15) is 44.6 Å². The second-order valence-corrected chi connectivity index (χ2v) is 8.21. The fourth-order valence-corrected chi connectivity index (χ4v) is 5.21. The van der Waals surface area contributed by atoms with E-state index in [4.69, 9.17) is 0 Å². The van der Waals surface area contributed by atoms with Gasteiger partial charge in [0.2, 0.25) is 0 Å². The van der Waals surface area contributed by atoms with Crippen LogP contribution in [0.2, 0.25) is 0 Å². The number of nitrogens with one attached hydrogen (secondary N) is 1. The minimum atomic E-state index is -0.892. The van der Waals surface area contributed by atoms with Crippen LogP contribution in [0.4, 0.5) is 5.69 Å². The average molecular weight is 420 g/mol. The van der Waals surface area contributed by atoms with Gasteiger partial charge in [0.05, 0.1) is 17.3 Å². The number of para-hydroxylation sites is 1. The first-order chi connectivity index (χ1) is 13.1. The van der Waals surface area contributed by atoms with Gasteiger partial charge < -0.3 is 10.4 Å². The lowest BCUT2D eigenvalue weighted by atomic mass is 9.75. The van der Waals surface area contributed by atoms with E-state index in [1.807, 2.05) is 18.2 Å². The number of anilines is 1. The largest absolute Gasteiger partial charge is 0.478 e. The van der Waals surface area contributed by atoms with Crippen molar-refractivity contribution in [3.63, 3.8) is 0 Å². The van der Waals surface area contributed by atoms with Gasteiger partial charge in [0.25, 0.3) is 0 Å². The van der Waals surface area contributed by atoms with E-state index < -0.39 is 5.97 Å². The lowest BCUT2D eigenvalue weighted by Crippen LogP contribution is -2.31. The molecule has 1 aliphatic heterocycles. The van der Waals surface area contributed by atoms with Gasteiger partial charge in [-0.2, -0.15) is 0 Å². The van der Waals surface area contributed by atoms with Crippen LogP contribution in [0.5, 0.6) is 0 Å². The van der Waals surface area contributed by atoms with Crippen LogP contribution >= 0.6 is 15.9 Å². The van der Waals surface area contributed by atoms with Crippen LogP contribution in [0.25, 0.3) is 0 Å². The fraction of sp³-hybridized carbons (Fsp3) is 0.174. The normalized spacial score (nSPS) is 22.3. The molecule has 0 fully saturated rings. The first-order valence-corrected chi connectivity index (χ1v) is 9.89. The topological polar surface area (TPSA) is 49.3 Å². The number of halogens is 1. The van der Waals surface area contributed by atoms with Gasteiger partial charge in [-0.1, -0.05) is 64.5 Å². The Morgan fingerprint density at radius 3 is 2.59 bits per heavy atom. The molecule has 2 N–H and O–H groups in total. The first kappa shape index (κ1) is 16.6. The number of aromatic carboxylic acids is 1. The van der Waals surface area contributed by atoms with Gasteiger partial charge >= 0.3 is 5.97 Å². The summed E-state index contributed by atoms with van der Waals surface area (Å²) in [5, 5.41) is 13.3. The Hall–Kier alpha value is -2.59. The Morgan fingerprint density at radius 2 is 1.78 bits per heavy atom. The molecule has 1 aliphatic carbocycles. The van der Waals surface area contributed by atoms with E-state index in [1.54, 1.807) is 6.07 Å². The number of hydrogen-bond donors (Lipinski definition) is 2. The molecule has 0 saturated carbocycles. The Balaban J connectivity index is 1.73. The summed E-state index contributed by atoms with van der Waals surface area (Å²) in [6.45, 7) is 0. The molecule has 0 saturated heterocycles. The third-order valence-electron chi connectivity index (χ3n) is 5.87. The molecule has 1 heterocycles. The molecule has 134 valence electrons. The van der Waals surface area contributed by atoms with Gasteiger partial charge in [0.15, 0.2) is 0 Å². The fourth-order valence-electron chi connectivity index (χ4n) is 4.80. The van der Waals surface area contributed by atoms with Crippen LogP contribution in [-0.4, -0.2) is 11.1 Å². The molecule has 0 aromatic heterocycles. The Morgan fingerprint density at radius 1 is 1.00 bits per heavy atom. The van der Waals surface area contributed by atoms with Crippen molar-refractivity contribution in [1.29, 1.82) is 0 Å². The van der Waals surface area contributed by atoms with Crippen molar-refractivity contribution in [2.75, 3.05) is 5.32 Å². The van der Waals surface area contributed by atoms with E-state index in [1.165, 1.54) is 16.7 Å².